The van der Waals surface area contributed by atoms with Crippen LogP contribution in [0.1, 0.15) is 28.8 Å². The number of esters is 1. The lowest BCUT2D eigenvalue weighted by Crippen LogP contribution is -2.31. The van der Waals surface area contributed by atoms with Crippen molar-refractivity contribution in [2.45, 2.75) is 12.8 Å². The summed E-state index contributed by atoms with van der Waals surface area (Å²) in [4.78, 5) is 24.1. The summed E-state index contributed by atoms with van der Waals surface area (Å²) in [5.74, 6) is -0.611. The molecule has 4 heteroatoms. The molecule has 0 heterocycles. The van der Waals surface area contributed by atoms with Crippen molar-refractivity contribution in [3.63, 3.8) is 0 Å². The molecule has 3 rings (SSSR count). The van der Waals surface area contributed by atoms with Crippen LogP contribution >= 0.6 is 0 Å². The minimum absolute atomic E-state index is 0.191. The first kappa shape index (κ1) is 17.7. The van der Waals surface area contributed by atoms with Gasteiger partial charge in [-0.05, 0) is 34.4 Å². The highest BCUT2D eigenvalue weighted by Crippen LogP contribution is 2.16. The van der Waals surface area contributed by atoms with Crippen LogP contribution in [-0.4, -0.2) is 25.0 Å². The van der Waals surface area contributed by atoms with Crippen LogP contribution in [0.2, 0.25) is 0 Å². The number of ether oxygens (including phenoxy) is 1. The summed E-state index contributed by atoms with van der Waals surface area (Å²) >= 11 is 0. The largest absolute Gasteiger partial charge is 0.452 e. The van der Waals surface area contributed by atoms with E-state index in [1.165, 1.54) is 0 Å². The fraction of sp³-hybridized carbons (Fsp3) is 0.182. The average Bonchev–Trinajstić information content (AvgIpc) is 2.70. The van der Waals surface area contributed by atoms with Crippen LogP contribution < -0.4 is 5.32 Å². The second kappa shape index (κ2) is 8.30. The summed E-state index contributed by atoms with van der Waals surface area (Å²) in [6.45, 7) is 2.25. The molecule has 4 nitrogen and oxygen atoms in total. The molecule has 3 aromatic rings. The van der Waals surface area contributed by atoms with Gasteiger partial charge in [-0.15, -0.1) is 0 Å². The number of fused-ring (bicyclic) bond motifs is 1. The van der Waals surface area contributed by atoms with E-state index in [0.29, 0.717) is 12.1 Å². The molecule has 1 atom stereocenters. The molecule has 26 heavy (non-hydrogen) atoms. The lowest BCUT2D eigenvalue weighted by molar-refractivity contribution is -0.124. The summed E-state index contributed by atoms with van der Waals surface area (Å²) in [7, 11) is 0. The number of carbonyl (C=O) groups excluding carboxylic acids is 2. The molecule has 0 unspecified atom stereocenters. The Kier molecular flexibility index (Phi) is 5.64. The van der Waals surface area contributed by atoms with Crippen LogP contribution in [0.5, 0.6) is 0 Å². The Balaban J connectivity index is 1.49. The minimum atomic E-state index is -0.498. The molecule has 0 fully saturated rings. The molecular weight excluding hydrogens is 326 g/mol. The zero-order valence-corrected chi connectivity index (χ0v) is 14.6. The second-order valence-electron chi connectivity index (χ2n) is 6.25. The van der Waals surface area contributed by atoms with Gasteiger partial charge in [-0.2, -0.15) is 0 Å². The number of amides is 1. The number of hydrogen-bond donors (Lipinski definition) is 1. The molecule has 1 amide bonds. The fourth-order valence-corrected chi connectivity index (χ4v) is 2.75. The van der Waals surface area contributed by atoms with Crippen LogP contribution in [0.25, 0.3) is 10.8 Å². The lowest BCUT2D eigenvalue weighted by atomic mass is 10.0. The molecule has 0 bridgehead atoms. The summed E-state index contributed by atoms with van der Waals surface area (Å²) in [6.07, 6.45) is 0. The Morgan fingerprint density at radius 2 is 1.62 bits per heavy atom. The summed E-state index contributed by atoms with van der Waals surface area (Å²) in [5, 5.41) is 4.81. The van der Waals surface area contributed by atoms with Gasteiger partial charge in [0, 0.05) is 6.54 Å². The Bertz CT molecular complexity index is 905. The number of carbonyl (C=O) groups is 2. The number of rotatable bonds is 6. The maximum Gasteiger partial charge on any atom is 0.338 e. The third-order valence-electron chi connectivity index (χ3n) is 4.29. The van der Waals surface area contributed by atoms with Crippen molar-refractivity contribution in [2.24, 2.45) is 0 Å². The third kappa shape index (κ3) is 4.48. The van der Waals surface area contributed by atoms with E-state index in [1.807, 2.05) is 67.6 Å². The molecule has 3 aromatic carbocycles. The highest BCUT2D eigenvalue weighted by atomic mass is 16.5. The molecule has 132 valence electrons. The first-order chi connectivity index (χ1) is 12.6. The van der Waals surface area contributed by atoms with Crippen molar-refractivity contribution in [1.82, 2.24) is 5.32 Å². The first-order valence-corrected chi connectivity index (χ1v) is 8.61. The Hall–Kier alpha value is -3.14. The first-order valence-electron chi connectivity index (χ1n) is 8.61. The highest BCUT2D eigenvalue weighted by Gasteiger charge is 2.12. The molecule has 1 N–H and O–H groups in total. The Morgan fingerprint density at radius 1 is 0.923 bits per heavy atom. The number of hydrogen-bond acceptors (Lipinski definition) is 3. The molecule has 0 saturated heterocycles. The van der Waals surface area contributed by atoms with Crippen LogP contribution in [0.4, 0.5) is 0 Å². The van der Waals surface area contributed by atoms with Crippen molar-refractivity contribution >= 4 is 22.6 Å². The summed E-state index contributed by atoms with van der Waals surface area (Å²) in [5.41, 5.74) is 1.59. The number of benzene rings is 3. The van der Waals surface area contributed by atoms with Crippen LogP contribution in [-0.2, 0) is 9.53 Å². The smallest absolute Gasteiger partial charge is 0.338 e. The Labute approximate surface area is 152 Å². The van der Waals surface area contributed by atoms with E-state index in [0.717, 1.165) is 16.3 Å². The van der Waals surface area contributed by atoms with Crippen LogP contribution in [0.15, 0.2) is 72.8 Å². The minimum Gasteiger partial charge on any atom is -0.452 e. The molecule has 0 aliphatic heterocycles. The van der Waals surface area contributed by atoms with Crippen molar-refractivity contribution in [1.29, 1.82) is 0 Å². The quantitative estimate of drug-likeness (QED) is 0.688. The van der Waals surface area contributed by atoms with Gasteiger partial charge in [0.05, 0.1) is 5.56 Å². The van der Waals surface area contributed by atoms with Gasteiger partial charge in [0.1, 0.15) is 0 Å². The monoisotopic (exact) mass is 347 g/mol. The molecule has 0 aromatic heterocycles. The van der Waals surface area contributed by atoms with E-state index >= 15 is 0 Å². The fourth-order valence-electron chi connectivity index (χ4n) is 2.75. The average molecular weight is 347 g/mol. The third-order valence-corrected chi connectivity index (χ3v) is 4.29. The molecule has 0 aliphatic carbocycles. The lowest BCUT2D eigenvalue weighted by Gasteiger charge is -2.13. The van der Waals surface area contributed by atoms with E-state index in [4.69, 9.17) is 4.74 Å². The topological polar surface area (TPSA) is 55.4 Å². The van der Waals surface area contributed by atoms with Gasteiger partial charge in [-0.3, -0.25) is 4.79 Å². The van der Waals surface area contributed by atoms with Gasteiger partial charge in [0.2, 0.25) is 0 Å². The van der Waals surface area contributed by atoms with Crippen molar-refractivity contribution in [2.75, 3.05) is 13.2 Å². The zero-order chi connectivity index (χ0) is 18.4. The van der Waals surface area contributed by atoms with Crippen molar-refractivity contribution < 1.29 is 14.3 Å². The van der Waals surface area contributed by atoms with E-state index in [-0.39, 0.29) is 18.4 Å². The Morgan fingerprint density at radius 3 is 2.38 bits per heavy atom. The van der Waals surface area contributed by atoms with Gasteiger partial charge in [-0.25, -0.2) is 4.79 Å². The van der Waals surface area contributed by atoms with Gasteiger partial charge in [-0.1, -0.05) is 67.6 Å². The predicted molar refractivity (Wildman–Crippen MR) is 102 cm³/mol. The maximum absolute atomic E-state index is 12.2. The SMILES string of the molecule is C[C@H](CNC(=O)COC(=O)c1ccc2ccccc2c1)c1ccccc1. The van der Waals surface area contributed by atoms with Gasteiger partial charge < -0.3 is 10.1 Å². The predicted octanol–water partition coefficient (Wildman–Crippen LogP) is 3.92. The van der Waals surface area contributed by atoms with Crippen molar-refractivity contribution in [3.05, 3.63) is 83.9 Å². The van der Waals surface area contributed by atoms with E-state index in [2.05, 4.69) is 5.32 Å². The second-order valence-corrected chi connectivity index (χ2v) is 6.25. The standard InChI is InChI=1S/C22H21NO3/c1-16(17-7-3-2-4-8-17)14-23-21(24)15-26-22(25)20-12-11-18-9-5-6-10-19(18)13-20/h2-13,16H,14-15H2,1H3,(H,23,24)/t16-/m1/s1. The van der Waals surface area contributed by atoms with Crippen LogP contribution in [0.3, 0.4) is 0 Å². The normalized spacial score (nSPS) is 11.7. The van der Waals surface area contributed by atoms with Gasteiger partial charge in [0.15, 0.2) is 6.61 Å². The summed E-state index contributed by atoms with van der Waals surface area (Å²) in [6, 6.07) is 23.1. The molecule has 0 spiro atoms. The number of nitrogens with one attached hydrogen (secondary N) is 1. The van der Waals surface area contributed by atoms with E-state index in [1.54, 1.807) is 12.1 Å². The van der Waals surface area contributed by atoms with Crippen LogP contribution in [0, 0.1) is 0 Å². The summed E-state index contributed by atoms with van der Waals surface area (Å²) < 4.78 is 5.13. The highest BCUT2D eigenvalue weighted by molar-refractivity contribution is 5.96. The zero-order valence-electron chi connectivity index (χ0n) is 14.6. The molecule has 0 radical (unpaired) electrons. The maximum atomic E-state index is 12.2. The van der Waals surface area contributed by atoms with E-state index < -0.39 is 5.97 Å². The van der Waals surface area contributed by atoms with Gasteiger partial charge >= 0.3 is 5.97 Å². The van der Waals surface area contributed by atoms with Crippen molar-refractivity contribution in [3.8, 4) is 0 Å². The molecule has 0 aliphatic rings. The molecule has 0 saturated carbocycles. The van der Waals surface area contributed by atoms with Gasteiger partial charge in [0.25, 0.3) is 5.91 Å². The molecular formula is C22H21NO3. The van der Waals surface area contributed by atoms with E-state index in [9.17, 15) is 9.59 Å².